The van der Waals surface area contributed by atoms with E-state index in [4.69, 9.17) is 9.47 Å². The Morgan fingerprint density at radius 1 is 1.04 bits per heavy atom. The molecule has 144 valence electrons. The molecule has 1 atom stereocenters. The minimum Gasteiger partial charge on any atom is -0.449 e. The van der Waals surface area contributed by atoms with Crippen LogP contribution in [0, 0.1) is 11.6 Å². The Morgan fingerprint density at radius 2 is 1.70 bits per heavy atom. The average Bonchev–Trinajstić information content (AvgIpc) is 2.63. The van der Waals surface area contributed by atoms with E-state index in [2.05, 4.69) is 5.32 Å². The van der Waals surface area contributed by atoms with Gasteiger partial charge >= 0.3 is 5.97 Å². The molecule has 0 aliphatic heterocycles. The molecule has 1 amide bonds. The van der Waals surface area contributed by atoms with Crippen LogP contribution in [0.25, 0.3) is 0 Å². The minimum absolute atomic E-state index is 0.0944. The molecule has 0 aromatic heterocycles. The Labute approximate surface area is 156 Å². The lowest BCUT2D eigenvalue weighted by molar-refractivity contribution is -0.123. The highest BCUT2D eigenvalue weighted by Gasteiger charge is 2.20. The summed E-state index contributed by atoms with van der Waals surface area (Å²) in [5, 5.41) is 2.20. The summed E-state index contributed by atoms with van der Waals surface area (Å²) in [6.07, 6.45) is -1.10. The maximum Gasteiger partial charge on any atom is 0.338 e. The van der Waals surface area contributed by atoms with Gasteiger partial charge in [-0.25, -0.2) is 13.6 Å². The maximum atomic E-state index is 13.6. The van der Waals surface area contributed by atoms with Gasteiger partial charge in [-0.15, -0.1) is 0 Å². The van der Waals surface area contributed by atoms with E-state index in [0.29, 0.717) is 6.61 Å². The largest absolute Gasteiger partial charge is 0.449 e. The normalized spacial score (nSPS) is 11.9. The number of carbonyl (C=O) groups excluding carboxylic acids is 2. The predicted octanol–water partition coefficient (Wildman–Crippen LogP) is 4.07. The van der Waals surface area contributed by atoms with E-state index in [1.807, 2.05) is 13.8 Å². The summed E-state index contributed by atoms with van der Waals surface area (Å²) in [5.74, 6) is -2.95. The van der Waals surface area contributed by atoms with Gasteiger partial charge in [0, 0.05) is 6.07 Å². The van der Waals surface area contributed by atoms with Crippen LogP contribution in [0.3, 0.4) is 0 Å². The zero-order chi connectivity index (χ0) is 20.0. The van der Waals surface area contributed by atoms with Crippen molar-refractivity contribution in [3.8, 4) is 0 Å². The van der Waals surface area contributed by atoms with E-state index >= 15 is 0 Å². The van der Waals surface area contributed by atoms with Crippen LogP contribution >= 0.6 is 0 Å². The molecule has 0 bridgehead atoms. The van der Waals surface area contributed by atoms with Crippen molar-refractivity contribution in [2.75, 3.05) is 5.32 Å². The number of amides is 1. The fourth-order valence-electron chi connectivity index (χ4n) is 2.11. The molecule has 0 radical (unpaired) electrons. The van der Waals surface area contributed by atoms with Gasteiger partial charge in [0.15, 0.2) is 6.10 Å². The number of anilines is 1. The molecule has 2 rings (SSSR count). The molecule has 0 unspecified atom stereocenters. The van der Waals surface area contributed by atoms with E-state index in [-0.39, 0.29) is 17.4 Å². The van der Waals surface area contributed by atoms with Gasteiger partial charge in [-0.3, -0.25) is 4.79 Å². The molecule has 0 aliphatic carbocycles. The number of halogens is 2. The van der Waals surface area contributed by atoms with E-state index in [1.54, 1.807) is 24.3 Å². The van der Waals surface area contributed by atoms with Crippen LogP contribution in [0.4, 0.5) is 14.5 Å². The Bertz CT molecular complexity index is 806. The predicted molar refractivity (Wildman–Crippen MR) is 96.2 cm³/mol. The number of carbonyl (C=O) groups is 2. The van der Waals surface area contributed by atoms with Gasteiger partial charge in [0.05, 0.1) is 24.0 Å². The second-order valence-corrected chi connectivity index (χ2v) is 6.22. The molecule has 0 fully saturated rings. The van der Waals surface area contributed by atoms with Crippen LogP contribution in [0.15, 0.2) is 42.5 Å². The molecule has 7 heteroatoms. The van der Waals surface area contributed by atoms with Gasteiger partial charge in [0.1, 0.15) is 11.6 Å². The number of benzene rings is 2. The SMILES string of the molecule is CC(C)OCc1ccc(C(=O)O[C@@H](C)C(=O)Nc2cc(F)ccc2F)cc1. The van der Waals surface area contributed by atoms with Crippen LogP contribution in [0.5, 0.6) is 0 Å². The van der Waals surface area contributed by atoms with Crippen molar-refractivity contribution in [3.05, 3.63) is 65.2 Å². The summed E-state index contributed by atoms with van der Waals surface area (Å²) in [7, 11) is 0. The molecule has 0 saturated heterocycles. The van der Waals surface area contributed by atoms with Gasteiger partial charge in [-0.05, 0) is 50.6 Å². The number of hydrogen-bond acceptors (Lipinski definition) is 4. The zero-order valence-electron chi connectivity index (χ0n) is 15.3. The molecule has 0 heterocycles. The Hall–Kier alpha value is -2.80. The highest BCUT2D eigenvalue weighted by atomic mass is 19.1. The van der Waals surface area contributed by atoms with E-state index in [0.717, 1.165) is 23.8 Å². The summed E-state index contributed by atoms with van der Waals surface area (Å²) in [5.41, 5.74) is 0.838. The summed E-state index contributed by atoms with van der Waals surface area (Å²) >= 11 is 0. The number of nitrogens with one attached hydrogen (secondary N) is 1. The number of ether oxygens (including phenoxy) is 2. The van der Waals surface area contributed by atoms with Gasteiger partial charge in [0.25, 0.3) is 5.91 Å². The van der Waals surface area contributed by atoms with E-state index in [9.17, 15) is 18.4 Å². The first-order chi connectivity index (χ1) is 12.8. The topological polar surface area (TPSA) is 64.6 Å². The second kappa shape index (κ2) is 9.23. The minimum atomic E-state index is -1.19. The average molecular weight is 377 g/mol. The molecule has 2 aromatic rings. The monoisotopic (exact) mass is 377 g/mol. The van der Waals surface area contributed by atoms with Crippen LogP contribution in [0.2, 0.25) is 0 Å². The molecule has 5 nitrogen and oxygen atoms in total. The van der Waals surface area contributed by atoms with Gasteiger partial charge < -0.3 is 14.8 Å². The van der Waals surface area contributed by atoms with Gasteiger partial charge in [-0.2, -0.15) is 0 Å². The highest BCUT2D eigenvalue weighted by molar-refractivity contribution is 5.97. The summed E-state index contributed by atoms with van der Waals surface area (Å²) in [6, 6.07) is 9.27. The molecule has 1 N–H and O–H groups in total. The third kappa shape index (κ3) is 6.14. The maximum absolute atomic E-state index is 13.6. The molecular weight excluding hydrogens is 356 g/mol. The summed E-state index contributed by atoms with van der Waals surface area (Å²) < 4.78 is 37.3. The second-order valence-electron chi connectivity index (χ2n) is 6.22. The standard InChI is InChI=1S/C20H21F2NO4/c1-12(2)26-11-14-4-6-15(7-5-14)20(25)27-13(3)19(24)23-18-10-16(21)8-9-17(18)22/h4-10,12-13H,11H2,1-3H3,(H,23,24)/t13-/m0/s1. The lowest BCUT2D eigenvalue weighted by Gasteiger charge is -2.14. The van der Waals surface area contributed by atoms with Crippen molar-refractivity contribution >= 4 is 17.6 Å². The van der Waals surface area contributed by atoms with E-state index in [1.165, 1.54) is 6.92 Å². The highest BCUT2D eigenvalue weighted by Crippen LogP contribution is 2.16. The lowest BCUT2D eigenvalue weighted by atomic mass is 10.1. The van der Waals surface area contributed by atoms with Crippen LogP contribution in [0.1, 0.15) is 36.7 Å². The molecule has 0 saturated carbocycles. The fourth-order valence-corrected chi connectivity index (χ4v) is 2.11. The number of hydrogen-bond donors (Lipinski definition) is 1. The Kier molecular flexibility index (Phi) is 7.01. The lowest BCUT2D eigenvalue weighted by Crippen LogP contribution is -2.30. The van der Waals surface area contributed by atoms with Crippen molar-refractivity contribution in [2.45, 2.75) is 39.6 Å². The molecule has 0 spiro atoms. The van der Waals surface area contributed by atoms with Crippen LogP contribution in [-0.4, -0.2) is 24.1 Å². The molecule has 27 heavy (non-hydrogen) atoms. The fraction of sp³-hybridized carbons (Fsp3) is 0.300. The quantitative estimate of drug-likeness (QED) is 0.739. The van der Waals surface area contributed by atoms with E-state index < -0.39 is 29.6 Å². The first-order valence-corrected chi connectivity index (χ1v) is 8.43. The molecule has 2 aromatic carbocycles. The smallest absolute Gasteiger partial charge is 0.338 e. The van der Waals surface area contributed by atoms with Crippen LogP contribution < -0.4 is 5.32 Å². The van der Waals surface area contributed by atoms with Crippen molar-refractivity contribution < 1.29 is 27.8 Å². The Balaban J connectivity index is 1.94. The summed E-state index contributed by atoms with van der Waals surface area (Å²) in [6.45, 7) is 5.61. The summed E-state index contributed by atoms with van der Waals surface area (Å²) in [4.78, 5) is 24.2. The number of esters is 1. The van der Waals surface area contributed by atoms with Crippen LogP contribution in [-0.2, 0) is 20.9 Å². The van der Waals surface area contributed by atoms with Crippen molar-refractivity contribution in [2.24, 2.45) is 0 Å². The molecule has 0 aliphatic rings. The van der Waals surface area contributed by atoms with Gasteiger partial charge in [-0.1, -0.05) is 12.1 Å². The first kappa shape index (κ1) is 20.5. The van der Waals surface area contributed by atoms with Crippen molar-refractivity contribution in [3.63, 3.8) is 0 Å². The zero-order valence-corrected chi connectivity index (χ0v) is 15.3. The first-order valence-electron chi connectivity index (χ1n) is 8.43. The Morgan fingerprint density at radius 3 is 2.33 bits per heavy atom. The van der Waals surface area contributed by atoms with Crippen molar-refractivity contribution in [1.29, 1.82) is 0 Å². The molecular formula is C20H21F2NO4. The third-order valence-electron chi connectivity index (χ3n) is 3.61. The van der Waals surface area contributed by atoms with Crippen molar-refractivity contribution in [1.82, 2.24) is 0 Å². The third-order valence-corrected chi connectivity index (χ3v) is 3.61. The number of rotatable bonds is 7. The van der Waals surface area contributed by atoms with Gasteiger partial charge in [0.2, 0.25) is 0 Å².